The highest BCUT2D eigenvalue weighted by Crippen LogP contribution is 2.38. The van der Waals surface area contributed by atoms with Crippen LogP contribution < -0.4 is 11.5 Å². The number of hydrogen-bond donors (Lipinski definition) is 2. The number of nitrogens with zero attached hydrogens (tertiary/aromatic N) is 2. The van der Waals surface area contributed by atoms with Crippen molar-refractivity contribution in [1.29, 1.82) is 0 Å². The van der Waals surface area contributed by atoms with Crippen molar-refractivity contribution >= 4 is 64.8 Å². The minimum absolute atomic E-state index is 0. The zero-order chi connectivity index (χ0) is 30.7. The lowest BCUT2D eigenvalue weighted by molar-refractivity contribution is -0.137. The van der Waals surface area contributed by atoms with Crippen molar-refractivity contribution < 1.29 is 35.3 Å². The molecule has 1 amide bonds. The summed E-state index contributed by atoms with van der Waals surface area (Å²) in [6.07, 6.45) is -4.72. The second-order valence-electron chi connectivity index (χ2n) is 9.46. The molecule has 2 aromatic heterocycles. The van der Waals surface area contributed by atoms with E-state index in [2.05, 4.69) is 15.3 Å². The lowest BCUT2D eigenvalue weighted by atomic mass is 10.1. The molecular weight excluding hydrogens is 641 g/mol. The van der Waals surface area contributed by atoms with Crippen molar-refractivity contribution in [1.82, 2.24) is 16.1 Å². The lowest BCUT2D eigenvalue weighted by Crippen LogP contribution is -2.16. The molecule has 0 bridgehead atoms. The van der Waals surface area contributed by atoms with Crippen LogP contribution in [0.25, 0.3) is 41.6 Å². The minimum Gasteiger partial charge on any atom is -0.744 e. The summed E-state index contributed by atoms with van der Waals surface area (Å²) in [6.45, 7) is 1.56. The van der Waals surface area contributed by atoms with Gasteiger partial charge >= 0.3 is 6.18 Å². The number of thiazole rings is 2. The molecular formula is C29H20F4N4O4S3. The Balaban J connectivity index is 0.00000384. The number of anilines is 1. The maximum absolute atomic E-state index is 14.1. The summed E-state index contributed by atoms with van der Waals surface area (Å²) in [5, 5.41) is 3.60. The van der Waals surface area contributed by atoms with Gasteiger partial charge in [0.15, 0.2) is 0 Å². The number of aromatic nitrogens is 2. The second-order valence-corrected chi connectivity index (χ2v) is 12.8. The van der Waals surface area contributed by atoms with Crippen LogP contribution in [-0.4, -0.2) is 28.8 Å². The van der Waals surface area contributed by atoms with Crippen LogP contribution in [0.4, 0.5) is 23.2 Å². The van der Waals surface area contributed by atoms with E-state index in [1.807, 2.05) is 6.07 Å². The van der Waals surface area contributed by atoms with E-state index < -0.39 is 39.1 Å². The molecule has 4 aromatic carbocycles. The third kappa shape index (κ3) is 5.92. The number of fused-ring (bicyclic) bond motifs is 2. The van der Waals surface area contributed by atoms with Crippen molar-refractivity contribution in [3.8, 4) is 21.1 Å². The predicted molar refractivity (Wildman–Crippen MR) is 162 cm³/mol. The van der Waals surface area contributed by atoms with Gasteiger partial charge < -0.3 is 16.0 Å². The van der Waals surface area contributed by atoms with Crippen LogP contribution in [0.2, 0.25) is 0 Å². The Hall–Kier alpha value is -4.28. The summed E-state index contributed by atoms with van der Waals surface area (Å²) < 4.78 is 89.8. The highest BCUT2D eigenvalue weighted by atomic mass is 32.2. The quantitative estimate of drug-likeness (QED) is 0.141. The van der Waals surface area contributed by atoms with Gasteiger partial charge in [-0.2, -0.15) is 13.2 Å². The van der Waals surface area contributed by atoms with E-state index in [-0.39, 0.29) is 16.7 Å². The Morgan fingerprint density at radius 2 is 1.50 bits per heavy atom. The van der Waals surface area contributed by atoms with Gasteiger partial charge in [0, 0.05) is 16.8 Å². The monoisotopic (exact) mass is 660 g/mol. The molecule has 5 N–H and O–H groups in total. The van der Waals surface area contributed by atoms with E-state index in [9.17, 15) is 35.3 Å². The number of alkyl halides is 3. The highest BCUT2D eigenvalue weighted by Gasteiger charge is 2.32. The summed E-state index contributed by atoms with van der Waals surface area (Å²) in [4.78, 5) is 21.4. The van der Waals surface area contributed by atoms with Crippen LogP contribution in [0.3, 0.4) is 0 Å². The molecule has 0 aliphatic heterocycles. The van der Waals surface area contributed by atoms with Gasteiger partial charge in [0.05, 0.1) is 36.5 Å². The number of amides is 1. The fourth-order valence-electron chi connectivity index (χ4n) is 4.45. The Morgan fingerprint density at radius 3 is 2.18 bits per heavy atom. The SMILES string of the molecule is Cc1ccc2nc(-c3ccc4nc(-c5ccc(NC(=O)c6cc(C(F)(F)F)ccc6F)cc5)sc4c3)sc2c1S(=O)(=O)[O-].[NH4+]. The third-order valence-corrected chi connectivity index (χ3v) is 9.88. The van der Waals surface area contributed by atoms with Gasteiger partial charge in [-0.25, -0.2) is 22.8 Å². The second kappa shape index (κ2) is 11.3. The molecule has 6 aromatic rings. The summed E-state index contributed by atoms with van der Waals surface area (Å²) in [5.74, 6) is -2.10. The Labute approximate surface area is 255 Å². The first-order valence-corrected chi connectivity index (χ1v) is 15.4. The number of carbonyl (C=O) groups excluding carboxylic acids is 1. The van der Waals surface area contributed by atoms with Crippen LogP contribution in [-0.2, 0) is 16.3 Å². The molecule has 44 heavy (non-hydrogen) atoms. The molecule has 0 saturated heterocycles. The molecule has 0 radical (unpaired) electrons. The number of aryl methyl sites for hydroxylation is 1. The fourth-order valence-corrected chi connectivity index (χ4v) is 7.74. The van der Waals surface area contributed by atoms with E-state index in [0.29, 0.717) is 55.1 Å². The molecule has 2 heterocycles. The van der Waals surface area contributed by atoms with Crippen molar-refractivity contribution in [3.05, 3.63) is 95.3 Å². The number of hydrogen-bond acceptors (Lipinski definition) is 8. The summed E-state index contributed by atoms with van der Waals surface area (Å²) >= 11 is 2.49. The average molecular weight is 661 g/mol. The van der Waals surface area contributed by atoms with Crippen molar-refractivity contribution in [3.63, 3.8) is 0 Å². The largest absolute Gasteiger partial charge is 0.744 e. The van der Waals surface area contributed by atoms with E-state index in [1.165, 1.54) is 23.5 Å². The number of rotatable bonds is 5. The molecule has 8 nitrogen and oxygen atoms in total. The van der Waals surface area contributed by atoms with Gasteiger partial charge in [-0.15, -0.1) is 22.7 Å². The van der Waals surface area contributed by atoms with Gasteiger partial charge in [0.25, 0.3) is 5.91 Å². The first kappa shape index (κ1) is 31.2. The molecule has 0 fully saturated rings. The van der Waals surface area contributed by atoms with Crippen molar-refractivity contribution in [2.24, 2.45) is 0 Å². The van der Waals surface area contributed by atoms with Crippen molar-refractivity contribution in [2.75, 3.05) is 5.32 Å². The first-order chi connectivity index (χ1) is 20.3. The number of nitrogens with one attached hydrogen (secondary N) is 1. The zero-order valence-corrected chi connectivity index (χ0v) is 25.1. The van der Waals surface area contributed by atoms with Crippen LogP contribution in [0, 0.1) is 12.7 Å². The Bertz CT molecular complexity index is 2180. The summed E-state index contributed by atoms with van der Waals surface area (Å²) in [6, 6.07) is 16.7. The molecule has 226 valence electrons. The molecule has 0 aliphatic carbocycles. The van der Waals surface area contributed by atoms with E-state index >= 15 is 0 Å². The van der Waals surface area contributed by atoms with E-state index in [4.69, 9.17) is 0 Å². The van der Waals surface area contributed by atoms with Gasteiger partial charge in [0.2, 0.25) is 0 Å². The number of benzene rings is 4. The molecule has 0 unspecified atom stereocenters. The van der Waals surface area contributed by atoms with Gasteiger partial charge in [-0.3, -0.25) is 4.79 Å². The maximum atomic E-state index is 14.1. The molecule has 0 spiro atoms. The number of carbonyl (C=O) groups is 1. The van der Waals surface area contributed by atoms with Crippen LogP contribution in [0.1, 0.15) is 21.5 Å². The van der Waals surface area contributed by atoms with Crippen LogP contribution in [0.5, 0.6) is 0 Å². The molecule has 6 rings (SSSR count). The first-order valence-electron chi connectivity index (χ1n) is 12.3. The summed E-state index contributed by atoms with van der Waals surface area (Å²) in [5.41, 5.74) is 1.27. The molecule has 15 heteroatoms. The summed E-state index contributed by atoms with van der Waals surface area (Å²) in [7, 11) is -4.69. The third-order valence-electron chi connectivity index (χ3n) is 6.52. The Morgan fingerprint density at radius 1 is 0.864 bits per heavy atom. The molecule has 0 aliphatic rings. The topological polar surface area (TPSA) is 149 Å². The predicted octanol–water partition coefficient (Wildman–Crippen LogP) is 8.24. The van der Waals surface area contributed by atoms with Gasteiger partial charge in [-0.1, -0.05) is 6.07 Å². The average Bonchev–Trinajstić information content (AvgIpc) is 3.56. The van der Waals surface area contributed by atoms with Crippen LogP contribution in [0.15, 0.2) is 77.7 Å². The van der Waals surface area contributed by atoms with Gasteiger partial charge in [0.1, 0.15) is 26.0 Å². The van der Waals surface area contributed by atoms with E-state index in [1.54, 1.807) is 43.3 Å². The zero-order valence-electron chi connectivity index (χ0n) is 22.7. The maximum Gasteiger partial charge on any atom is 0.416 e. The normalized spacial score (nSPS) is 12.0. The number of quaternary nitrogens is 1. The molecule has 0 atom stereocenters. The Kier molecular flexibility index (Phi) is 8.02. The minimum atomic E-state index is -4.72. The molecule has 0 saturated carbocycles. The van der Waals surface area contributed by atoms with E-state index in [0.717, 1.165) is 21.6 Å². The number of halogens is 4. The lowest BCUT2D eigenvalue weighted by Gasteiger charge is -2.10. The standard InChI is InChI=1S/C29H17F4N3O4S3.H3N/c1-14-2-10-22-24(25(14)43(38,39)40)42-28(36-22)16-5-11-21-23(12-16)41-27(35-21)15-3-7-18(8-4-15)34-26(37)19-13-17(29(31,32)33)6-9-20(19)30;/h2-13H,1H3,(H,34,37)(H,38,39,40);1H3. The van der Waals surface area contributed by atoms with Crippen LogP contribution >= 0.6 is 22.7 Å². The fraction of sp³-hybridized carbons (Fsp3) is 0.0690. The van der Waals surface area contributed by atoms with Gasteiger partial charge in [-0.05, 0) is 79.2 Å². The van der Waals surface area contributed by atoms with Crippen molar-refractivity contribution in [2.45, 2.75) is 18.0 Å². The highest BCUT2D eigenvalue weighted by molar-refractivity contribution is 7.86. The smallest absolute Gasteiger partial charge is 0.416 e.